The molecule has 2 fully saturated rings. The van der Waals surface area contributed by atoms with E-state index in [1.807, 2.05) is 98.5 Å². The van der Waals surface area contributed by atoms with Crippen molar-refractivity contribution >= 4 is 34.8 Å². The van der Waals surface area contributed by atoms with Gasteiger partial charge in [-0.25, -0.2) is 24.5 Å². The number of carbonyl (C=O) groups excluding carboxylic acids is 4. The van der Waals surface area contributed by atoms with Gasteiger partial charge in [0, 0.05) is 36.1 Å². The molecule has 5 heterocycles. The number of amides is 5. The first-order valence-corrected chi connectivity index (χ1v) is 21.3. The van der Waals surface area contributed by atoms with Crippen LogP contribution in [0.4, 0.5) is 9.59 Å². The summed E-state index contributed by atoms with van der Waals surface area (Å²) in [4.78, 5) is 77.2. The summed E-state index contributed by atoms with van der Waals surface area (Å²) in [6.45, 7) is 7.24. The van der Waals surface area contributed by atoms with Gasteiger partial charge in [-0.3, -0.25) is 9.59 Å². The van der Waals surface area contributed by atoms with Gasteiger partial charge in [0.05, 0.1) is 54.2 Å². The van der Waals surface area contributed by atoms with E-state index in [0.29, 0.717) is 31.3 Å². The number of hydrogen-bond acceptors (Lipinski definition) is 8. The number of aromatic nitrogens is 5. The summed E-state index contributed by atoms with van der Waals surface area (Å²) in [6.07, 6.45) is 6.18. The molecule has 4 unspecified atom stereocenters. The van der Waals surface area contributed by atoms with Crippen molar-refractivity contribution in [3.05, 3.63) is 115 Å². The first-order chi connectivity index (χ1) is 30.1. The zero-order chi connectivity index (χ0) is 43.3. The van der Waals surface area contributed by atoms with Gasteiger partial charge in [-0.1, -0.05) is 80.6 Å². The molecule has 2 aliphatic heterocycles. The lowest BCUT2D eigenvalue weighted by molar-refractivity contribution is -0.135. The second-order valence-corrected chi connectivity index (χ2v) is 16.1. The van der Waals surface area contributed by atoms with E-state index < -0.39 is 18.2 Å². The Balaban J connectivity index is 0.940. The number of hydrogen-bond donors (Lipinski definition) is 5. The summed E-state index contributed by atoms with van der Waals surface area (Å²) in [5.41, 5.74) is 6.97. The molecule has 62 heavy (non-hydrogen) atoms. The SMILES string of the molecule is CCNC(=O)NC(C(=O)N1CCCC1c1ncc(-c2ccc(-c3ccc4cc(-c5cnc(C6CCCN6C(=O)C(NC(=O)OC)C(C)C)[nH]5)ccc4n3)cc2)[nH]1)c1ccccc1. The van der Waals surface area contributed by atoms with Crippen molar-refractivity contribution in [2.75, 3.05) is 26.7 Å². The molecule has 0 radical (unpaired) electrons. The lowest BCUT2D eigenvalue weighted by Gasteiger charge is -2.30. The van der Waals surface area contributed by atoms with Crippen molar-refractivity contribution in [2.45, 2.75) is 70.6 Å². The fraction of sp³-hybridized carbons (Fsp3) is 0.340. The zero-order valence-corrected chi connectivity index (χ0v) is 35.4. The number of nitrogens with one attached hydrogen (secondary N) is 5. The number of methoxy groups -OCH3 is 1. The standard InChI is InChI=1S/C47H52N10O5/c1-5-48-46(60)54-41(31-11-7-6-8-12-31)45(59)57-24-10-14-39(57)42-49-26-36(52-42)30-17-15-29(16-18-30)34-21-19-32-25-33(20-22-35(32)51-34)37-27-50-43(53-37)38-13-9-23-56(38)44(58)40(28(2)3)55-47(61)62-4/h6-8,11-12,15-22,25-28,38-41H,5,9-10,13-14,23-24H2,1-4H3,(H,49,52)(H,50,53)(H,55,61)(H2,48,54,60). The monoisotopic (exact) mass is 836 g/mol. The predicted molar refractivity (Wildman–Crippen MR) is 235 cm³/mol. The minimum Gasteiger partial charge on any atom is -0.453 e. The predicted octanol–water partition coefficient (Wildman–Crippen LogP) is 7.45. The van der Waals surface area contributed by atoms with E-state index in [0.717, 1.165) is 75.9 Å². The van der Waals surface area contributed by atoms with Gasteiger partial charge in [0.15, 0.2) is 0 Å². The molecule has 3 aromatic carbocycles. The molecule has 8 rings (SSSR count). The summed E-state index contributed by atoms with van der Waals surface area (Å²) in [5.74, 6) is 0.993. The van der Waals surface area contributed by atoms with Crippen LogP contribution in [0.15, 0.2) is 97.3 Å². The molecule has 320 valence electrons. The second kappa shape index (κ2) is 18.3. The molecule has 0 aliphatic carbocycles. The number of benzene rings is 3. The Kier molecular flexibility index (Phi) is 12.3. The molecule has 15 heteroatoms. The topological polar surface area (TPSA) is 190 Å². The van der Waals surface area contributed by atoms with Gasteiger partial charge >= 0.3 is 12.1 Å². The molecule has 5 amide bonds. The maximum Gasteiger partial charge on any atom is 0.407 e. The van der Waals surface area contributed by atoms with E-state index in [-0.39, 0.29) is 35.8 Å². The van der Waals surface area contributed by atoms with Crippen LogP contribution in [0.5, 0.6) is 0 Å². The van der Waals surface area contributed by atoms with E-state index in [4.69, 9.17) is 19.7 Å². The summed E-state index contributed by atoms with van der Waals surface area (Å²) in [5, 5.41) is 9.29. The number of ether oxygens (including phenoxy) is 1. The minimum atomic E-state index is -0.822. The average Bonchev–Trinajstić information content (AvgIpc) is 4.14. The van der Waals surface area contributed by atoms with Crippen LogP contribution < -0.4 is 16.0 Å². The normalized spacial score (nSPS) is 17.2. The van der Waals surface area contributed by atoms with Crippen molar-refractivity contribution in [2.24, 2.45) is 5.92 Å². The molecule has 0 saturated carbocycles. The summed E-state index contributed by atoms with van der Waals surface area (Å²) >= 11 is 0. The Morgan fingerprint density at radius 1 is 0.758 bits per heavy atom. The minimum absolute atomic E-state index is 0.113. The van der Waals surface area contributed by atoms with Gasteiger partial charge in [0.25, 0.3) is 0 Å². The Morgan fingerprint density at radius 2 is 1.37 bits per heavy atom. The van der Waals surface area contributed by atoms with Crippen LogP contribution in [-0.4, -0.2) is 91.4 Å². The van der Waals surface area contributed by atoms with Gasteiger partial charge in [-0.2, -0.15) is 0 Å². The molecule has 4 atom stereocenters. The summed E-state index contributed by atoms with van der Waals surface area (Å²) in [6, 6.07) is 25.3. The number of alkyl carbamates (subject to hydrolysis) is 1. The highest BCUT2D eigenvalue weighted by Crippen LogP contribution is 2.36. The number of nitrogens with zero attached hydrogens (tertiary/aromatic N) is 5. The van der Waals surface area contributed by atoms with Crippen molar-refractivity contribution in [3.8, 4) is 33.8 Å². The van der Waals surface area contributed by atoms with Crippen LogP contribution >= 0.6 is 0 Å². The van der Waals surface area contributed by atoms with Crippen LogP contribution in [0.2, 0.25) is 0 Å². The van der Waals surface area contributed by atoms with Crippen molar-refractivity contribution < 1.29 is 23.9 Å². The molecule has 2 aliphatic rings. The summed E-state index contributed by atoms with van der Waals surface area (Å²) in [7, 11) is 1.29. The zero-order valence-electron chi connectivity index (χ0n) is 35.4. The molecule has 2 saturated heterocycles. The third-order valence-corrected chi connectivity index (χ3v) is 11.8. The highest BCUT2D eigenvalue weighted by Gasteiger charge is 2.38. The van der Waals surface area contributed by atoms with Gasteiger partial charge in [-0.15, -0.1) is 0 Å². The smallest absolute Gasteiger partial charge is 0.407 e. The number of fused-ring (bicyclic) bond motifs is 1. The first-order valence-electron chi connectivity index (χ1n) is 21.3. The number of pyridine rings is 1. The van der Waals surface area contributed by atoms with Crippen molar-refractivity contribution in [1.29, 1.82) is 0 Å². The molecule has 6 aromatic rings. The first kappa shape index (κ1) is 41.7. The third-order valence-electron chi connectivity index (χ3n) is 11.8. The number of carbonyl (C=O) groups is 4. The van der Waals surface area contributed by atoms with Gasteiger partial charge < -0.3 is 40.5 Å². The maximum atomic E-state index is 14.0. The molecule has 15 nitrogen and oxygen atoms in total. The fourth-order valence-electron chi connectivity index (χ4n) is 8.53. The number of H-pyrrole nitrogens is 2. The van der Waals surface area contributed by atoms with E-state index in [2.05, 4.69) is 38.1 Å². The van der Waals surface area contributed by atoms with Crippen molar-refractivity contribution in [3.63, 3.8) is 0 Å². The second-order valence-electron chi connectivity index (χ2n) is 16.1. The van der Waals surface area contributed by atoms with Crippen LogP contribution in [0.1, 0.15) is 81.8 Å². The highest BCUT2D eigenvalue weighted by molar-refractivity contribution is 5.89. The number of rotatable bonds is 12. The number of likely N-dealkylation sites (tertiary alicyclic amines) is 2. The van der Waals surface area contributed by atoms with Crippen LogP contribution in [0, 0.1) is 5.92 Å². The molecular formula is C47H52N10O5. The Labute approximate surface area is 360 Å². The van der Waals surface area contributed by atoms with Gasteiger partial charge in [-0.05, 0) is 67.9 Å². The van der Waals surface area contributed by atoms with E-state index in [1.54, 1.807) is 17.3 Å². The molecule has 0 bridgehead atoms. The quantitative estimate of drug-likeness (QED) is 0.0840. The summed E-state index contributed by atoms with van der Waals surface area (Å²) < 4.78 is 4.77. The number of aromatic amines is 2. The van der Waals surface area contributed by atoms with Crippen molar-refractivity contribution in [1.82, 2.24) is 50.7 Å². The third kappa shape index (κ3) is 8.74. The van der Waals surface area contributed by atoms with E-state index in [1.165, 1.54) is 7.11 Å². The molecule has 3 aromatic heterocycles. The highest BCUT2D eigenvalue weighted by atomic mass is 16.5. The molecular weight excluding hydrogens is 785 g/mol. The lowest BCUT2D eigenvalue weighted by Crippen LogP contribution is -2.51. The van der Waals surface area contributed by atoms with Gasteiger partial charge in [0.2, 0.25) is 11.8 Å². The van der Waals surface area contributed by atoms with Crippen LogP contribution in [0.3, 0.4) is 0 Å². The van der Waals surface area contributed by atoms with Crippen LogP contribution in [-0.2, 0) is 14.3 Å². The van der Waals surface area contributed by atoms with E-state index in [9.17, 15) is 19.2 Å². The Hall–Kier alpha value is -7.03. The lowest BCUT2D eigenvalue weighted by atomic mass is 10.0. The molecule has 0 spiro atoms. The average molecular weight is 837 g/mol. The van der Waals surface area contributed by atoms with E-state index >= 15 is 0 Å². The number of imidazole rings is 2. The Morgan fingerprint density at radius 3 is 2.00 bits per heavy atom. The number of urea groups is 1. The molecule has 5 N–H and O–H groups in total. The van der Waals surface area contributed by atoms with Gasteiger partial charge in [0.1, 0.15) is 23.7 Å². The fourth-order valence-corrected chi connectivity index (χ4v) is 8.53. The maximum absolute atomic E-state index is 14.0. The Bertz CT molecular complexity index is 2550. The largest absolute Gasteiger partial charge is 0.453 e. The van der Waals surface area contributed by atoms with Crippen LogP contribution in [0.25, 0.3) is 44.7 Å².